The molecule has 1 aliphatic rings. The lowest BCUT2D eigenvalue weighted by Gasteiger charge is -2.34. The Balaban J connectivity index is 1.91. The molecule has 8 nitrogen and oxygen atoms in total. The number of nitro groups is 1. The first-order valence-corrected chi connectivity index (χ1v) is 7.69. The molecular weight excluding hydrogens is 314 g/mol. The molecule has 0 atom stereocenters. The third-order valence-electron chi connectivity index (χ3n) is 3.68. The smallest absolute Gasteiger partial charge is 0.330 e. The molecule has 130 valence electrons. The SMILES string of the molecule is CC(C)(C)C(=O)ON1CCN(C(=O)c2ccc([N+](=O)[O-])cc2)CC1. The zero-order chi connectivity index (χ0) is 17.9. The molecule has 1 fully saturated rings. The molecule has 1 amide bonds. The second kappa shape index (κ2) is 6.96. The molecule has 0 unspecified atom stereocenters. The van der Waals surface area contributed by atoms with Crippen molar-refractivity contribution < 1.29 is 19.3 Å². The molecule has 0 spiro atoms. The van der Waals surface area contributed by atoms with Crippen LogP contribution in [0.5, 0.6) is 0 Å². The van der Waals surface area contributed by atoms with E-state index >= 15 is 0 Å². The number of rotatable bonds is 3. The number of non-ortho nitro benzene ring substituents is 1. The second-order valence-electron chi connectivity index (χ2n) is 6.65. The average Bonchev–Trinajstić information content (AvgIpc) is 2.54. The molecule has 0 aromatic heterocycles. The van der Waals surface area contributed by atoms with Gasteiger partial charge in [0.1, 0.15) is 0 Å². The second-order valence-corrected chi connectivity index (χ2v) is 6.65. The fourth-order valence-corrected chi connectivity index (χ4v) is 2.14. The number of carbonyl (C=O) groups excluding carboxylic acids is 2. The molecule has 1 aliphatic heterocycles. The van der Waals surface area contributed by atoms with Gasteiger partial charge in [0, 0.05) is 30.8 Å². The van der Waals surface area contributed by atoms with Crippen LogP contribution in [0, 0.1) is 15.5 Å². The van der Waals surface area contributed by atoms with Crippen molar-refractivity contribution in [2.75, 3.05) is 26.2 Å². The van der Waals surface area contributed by atoms with Crippen LogP contribution >= 0.6 is 0 Å². The first-order chi connectivity index (χ1) is 11.2. The lowest BCUT2D eigenvalue weighted by Crippen LogP contribution is -2.49. The third-order valence-corrected chi connectivity index (χ3v) is 3.68. The van der Waals surface area contributed by atoms with Crippen molar-refractivity contribution in [2.24, 2.45) is 5.41 Å². The van der Waals surface area contributed by atoms with Gasteiger partial charge in [-0.1, -0.05) is 0 Å². The molecule has 0 aliphatic carbocycles. The predicted octanol–water partition coefficient (Wildman–Crippen LogP) is 1.86. The van der Waals surface area contributed by atoms with Gasteiger partial charge in [0.15, 0.2) is 0 Å². The number of hydrogen-bond donors (Lipinski definition) is 0. The van der Waals surface area contributed by atoms with E-state index in [1.165, 1.54) is 24.3 Å². The van der Waals surface area contributed by atoms with Gasteiger partial charge in [-0.15, -0.1) is 5.06 Å². The summed E-state index contributed by atoms with van der Waals surface area (Å²) in [7, 11) is 0. The Morgan fingerprint density at radius 2 is 1.62 bits per heavy atom. The summed E-state index contributed by atoms with van der Waals surface area (Å²) in [6, 6.07) is 5.53. The summed E-state index contributed by atoms with van der Waals surface area (Å²) in [5.74, 6) is -0.496. The number of hydroxylamine groups is 2. The first kappa shape index (κ1) is 17.9. The van der Waals surface area contributed by atoms with Crippen molar-refractivity contribution in [2.45, 2.75) is 20.8 Å². The molecule has 2 rings (SSSR count). The van der Waals surface area contributed by atoms with Crippen LogP contribution in [0.3, 0.4) is 0 Å². The summed E-state index contributed by atoms with van der Waals surface area (Å²) >= 11 is 0. The van der Waals surface area contributed by atoms with E-state index in [1.54, 1.807) is 30.7 Å². The Morgan fingerprint density at radius 1 is 1.08 bits per heavy atom. The molecule has 0 bridgehead atoms. The monoisotopic (exact) mass is 335 g/mol. The van der Waals surface area contributed by atoms with E-state index in [0.29, 0.717) is 31.7 Å². The summed E-state index contributed by atoms with van der Waals surface area (Å²) < 4.78 is 0. The largest absolute Gasteiger partial charge is 0.367 e. The number of benzene rings is 1. The lowest BCUT2D eigenvalue weighted by atomic mass is 9.98. The Bertz CT molecular complexity index is 628. The maximum atomic E-state index is 12.4. The highest BCUT2D eigenvalue weighted by Gasteiger charge is 2.29. The summed E-state index contributed by atoms with van der Waals surface area (Å²) in [5.41, 5.74) is -0.225. The number of nitro benzene ring substituents is 1. The van der Waals surface area contributed by atoms with E-state index in [9.17, 15) is 19.7 Å². The molecule has 1 saturated heterocycles. The van der Waals surface area contributed by atoms with Gasteiger partial charge in [0.05, 0.1) is 23.4 Å². The molecule has 0 radical (unpaired) electrons. The van der Waals surface area contributed by atoms with Gasteiger partial charge in [-0.3, -0.25) is 14.9 Å². The number of nitrogens with zero attached hydrogens (tertiary/aromatic N) is 3. The normalized spacial score (nSPS) is 15.9. The van der Waals surface area contributed by atoms with Gasteiger partial charge >= 0.3 is 5.97 Å². The molecule has 1 heterocycles. The lowest BCUT2D eigenvalue weighted by molar-refractivity contribution is -0.384. The maximum Gasteiger partial charge on any atom is 0.330 e. The number of hydrogen-bond acceptors (Lipinski definition) is 6. The van der Waals surface area contributed by atoms with E-state index in [-0.39, 0.29) is 17.6 Å². The topological polar surface area (TPSA) is 93.0 Å². The van der Waals surface area contributed by atoms with E-state index in [1.807, 2.05) is 0 Å². The summed E-state index contributed by atoms with van der Waals surface area (Å²) in [4.78, 5) is 41.3. The summed E-state index contributed by atoms with van der Waals surface area (Å²) in [6.07, 6.45) is 0. The minimum atomic E-state index is -0.578. The molecule has 1 aromatic rings. The van der Waals surface area contributed by atoms with Crippen LogP contribution in [0.4, 0.5) is 5.69 Å². The summed E-state index contributed by atoms with van der Waals surface area (Å²) in [6.45, 7) is 7.05. The van der Waals surface area contributed by atoms with Crippen molar-refractivity contribution in [1.82, 2.24) is 9.96 Å². The van der Waals surface area contributed by atoms with E-state index in [4.69, 9.17) is 4.84 Å². The van der Waals surface area contributed by atoms with Crippen molar-refractivity contribution in [1.29, 1.82) is 0 Å². The highest BCUT2D eigenvalue weighted by atomic mass is 16.7. The van der Waals surface area contributed by atoms with Crippen molar-refractivity contribution in [3.8, 4) is 0 Å². The highest BCUT2D eigenvalue weighted by molar-refractivity contribution is 5.94. The van der Waals surface area contributed by atoms with Gasteiger partial charge in [-0.25, -0.2) is 4.79 Å². The van der Waals surface area contributed by atoms with Gasteiger partial charge < -0.3 is 9.74 Å². The predicted molar refractivity (Wildman–Crippen MR) is 86.1 cm³/mol. The minimum absolute atomic E-state index is 0.0505. The highest BCUT2D eigenvalue weighted by Crippen LogP contribution is 2.18. The molecule has 24 heavy (non-hydrogen) atoms. The maximum absolute atomic E-state index is 12.4. The van der Waals surface area contributed by atoms with Crippen LogP contribution in [0.1, 0.15) is 31.1 Å². The molecule has 1 aromatic carbocycles. The van der Waals surface area contributed by atoms with E-state index in [0.717, 1.165) is 0 Å². The van der Waals surface area contributed by atoms with Crippen molar-refractivity contribution in [3.05, 3.63) is 39.9 Å². The van der Waals surface area contributed by atoms with Crippen molar-refractivity contribution >= 4 is 17.6 Å². The van der Waals surface area contributed by atoms with E-state index in [2.05, 4.69) is 0 Å². The van der Waals surface area contributed by atoms with Crippen LogP contribution in [0.25, 0.3) is 0 Å². The van der Waals surface area contributed by atoms with Crippen LogP contribution in [0.15, 0.2) is 24.3 Å². The fraction of sp³-hybridized carbons (Fsp3) is 0.500. The first-order valence-electron chi connectivity index (χ1n) is 7.69. The quantitative estimate of drug-likeness (QED) is 0.618. The molecular formula is C16H21N3O5. The Kier molecular flexibility index (Phi) is 5.18. The number of carbonyl (C=O) groups is 2. The number of piperazine rings is 1. The molecule has 8 heteroatoms. The molecule has 0 N–H and O–H groups in total. The van der Waals surface area contributed by atoms with Gasteiger partial charge in [0.2, 0.25) is 0 Å². The Hall–Kier alpha value is -2.48. The standard InChI is InChI=1S/C16H21N3O5/c1-16(2,3)15(21)24-18-10-8-17(9-11-18)14(20)12-4-6-13(7-5-12)19(22)23/h4-7H,8-11H2,1-3H3. The third kappa shape index (κ3) is 4.29. The average molecular weight is 335 g/mol. The van der Waals surface area contributed by atoms with Crippen LogP contribution in [-0.4, -0.2) is 52.9 Å². The number of amides is 1. The van der Waals surface area contributed by atoms with Crippen molar-refractivity contribution in [3.63, 3.8) is 0 Å². The zero-order valence-corrected chi connectivity index (χ0v) is 14.0. The van der Waals surface area contributed by atoms with Crippen LogP contribution in [-0.2, 0) is 9.63 Å². The van der Waals surface area contributed by atoms with Crippen LogP contribution < -0.4 is 0 Å². The Morgan fingerprint density at radius 3 is 2.08 bits per heavy atom. The fourth-order valence-electron chi connectivity index (χ4n) is 2.14. The van der Waals surface area contributed by atoms with Gasteiger partial charge in [0.25, 0.3) is 11.6 Å². The Labute approximate surface area is 140 Å². The molecule has 0 saturated carbocycles. The van der Waals surface area contributed by atoms with Gasteiger partial charge in [-0.05, 0) is 32.9 Å². The zero-order valence-electron chi connectivity index (χ0n) is 14.0. The van der Waals surface area contributed by atoms with E-state index < -0.39 is 10.3 Å². The minimum Gasteiger partial charge on any atom is -0.367 e. The van der Waals surface area contributed by atoms with Crippen LogP contribution in [0.2, 0.25) is 0 Å². The summed E-state index contributed by atoms with van der Waals surface area (Å²) in [5, 5.41) is 12.2. The van der Waals surface area contributed by atoms with Gasteiger partial charge in [-0.2, -0.15) is 0 Å².